The fourth-order valence-corrected chi connectivity index (χ4v) is 10.2. The van der Waals surface area contributed by atoms with Crippen molar-refractivity contribution in [3.05, 3.63) is 0 Å². The number of rotatable bonds is 3. The highest BCUT2D eigenvalue weighted by atomic mass is 16.2. The minimum absolute atomic E-state index is 0.0236. The van der Waals surface area contributed by atoms with Crippen LogP contribution >= 0.6 is 0 Å². The molecule has 0 saturated heterocycles. The van der Waals surface area contributed by atoms with Crippen LogP contribution in [0.1, 0.15) is 123 Å². The molecular formula is C32H49N3O3. The Bertz CT molecular complexity index is 962. The first-order valence-electron chi connectivity index (χ1n) is 16.0. The summed E-state index contributed by atoms with van der Waals surface area (Å²) in [4.78, 5) is 46.9. The number of nitrogens with zero attached hydrogens (tertiary/aromatic N) is 2. The molecule has 0 radical (unpaired) electrons. The van der Waals surface area contributed by atoms with Crippen molar-refractivity contribution in [1.82, 2.24) is 10.2 Å². The second-order valence-electron chi connectivity index (χ2n) is 14.3. The number of urea groups is 1. The molecule has 0 spiro atoms. The number of aliphatic imine (C=N–C) groups is 1. The zero-order valence-electron chi connectivity index (χ0n) is 23.8. The number of carbonyl (C=O) groups is 3. The van der Waals surface area contributed by atoms with Gasteiger partial charge in [0.05, 0.1) is 0 Å². The Morgan fingerprint density at radius 3 is 2.16 bits per heavy atom. The number of carbonyl (C=O) groups excluding carboxylic acids is 3. The van der Waals surface area contributed by atoms with E-state index in [9.17, 15) is 14.4 Å². The van der Waals surface area contributed by atoms with Gasteiger partial charge in [0, 0.05) is 48.5 Å². The number of nitrogens with one attached hydrogen (secondary N) is 1. The first kappa shape index (κ1) is 26.5. The Hall–Kier alpha value is -1.72. The summed E-state index contributed by atoms with van der Waals surface area (Å²) >= 11 is 0. The summed E-state index contributed by atoms with van der Waals surface area (Å²) in [5.41, 5.74) is 1.14. The van der Waals surface area contributed by atoms with E-state index in [4.69, 9.17) is 4.99 Å². The Morgan fingerprint density at radius 2 is 1.50 bits per heavy atom. The fourth-order valence-electron chi connectivity index (χ4n) is 10.2. The van der Waals surface area contributed by atoms with Crippen LogP contribution in [-0.2, 0) is 9.59 Å². The highest BCUT2D eigenvalue weighted by molar-refractivity contribution is 6.07. The summed E-state index contributed by atoms with van der Waals surface area (Å²) in [7, 11) is 0. The Morgan fingerprint density at radius 1 is 0.842 bits per heavy atom. The molecule has 1 heterocycles. The molecule has 6 rings (SSSR count). The molecule has 1 aliphatic heterocycles. The minimum atomic E-state index is -0.110. The Kier molecular flexibility index (Phi) is 7.22. The average Bonchev–Trinajstić information content (AvgIpc) is 3.28. The van der Waals surface area contributed by atoms with E-state index in [1.54, 1.807) is 0 Å². The average molecular weight is 524 g/mol. The molecule has 210 valence electrons. The number of hydrogen-bond acceptors (Lipinski definition) is 4. The number of Topliss-reactive ketones (excluding diaryl/α,β-unsaturated/α-hetero) is 1. The van der Waals surface area contributed by atoms with Crippen LogP contribution in [0, 0.1) is 34.5 Å². The lowest BCUT2D eigenvalue weighted by Crippen LogP contribution is -2.57. The van der Waals surface area contributed by atoms with Gasteiger partial charge in [0.25, 0.3) is 0 Å². The number of hydrogen-bond donors (Lipinski definition) is 1. The molecule has 6 atom stereocenters. The summed E-state index contributed by atoms with van der Waals surface area (Å²) in [5.74, 6) is 1.76. The first-order chi connectivity index (χ1) is 18.3. The van der Waals surface area contributed by atoms with E-state index >= 15 is 0 Å². The second kappa shape index (κ2) is 10.4. The van der Waals surface area contributed by atoms with Crippen LogP contribution in [0.15, 0.2) is 4.99 Å². The zero-order chi connectivity index (χ0) is 26.5. The molecule has 0 aromatic rings. The third-order valence-corrected chi connectivity index (χ3v) is 12.4. The van der Waals surface area contributed by atoms with Crippen LogP contribution in [0.4, 0.5) is 4.79 Å². The van der Waals surface area contributed by atoms with Crippen molar-refractivity contribution < 1.29 is 14.4 Å². The zero-order valence-corrected chi connectivity index (χ0v) is 23.8. The summed E-state index contributed by atoms with van der Waals surface area (Å²) in [5, 5.41) is 2.99. The maximum absolute atomic E-state index is 13.8. The van der Waals surface area contributed by atoms with E-state index in [0.717, 1.165) is 70.0 Å². The van der Waals surface area contributed by atoms with Gasteiger partial charge < -0.3 is 4.90 Å². The predicted octanol–water partition coefficient (Wildman–Crippen LogP) is 6.46. The number of amides is 3. The number of fused-ring (bicyclic) bond motifs is 5. The molecule has 6 aliphatic rings. The van der Waals surface area contributed by atoms with Crippen molar-refractivity contribution in [1.29, 1.82) is 0 Å². The quantitative estimate of drug-likeness (QED) is 0.461. The van der Waals surface area contributed by atoms with Crippen molar-refractivity contribution in [3.8, 4) is 0 Å². The van der Waals surface area contributed by atoms with Gasteiger partial charge in [0.15, 0.2) is 0 Å². The third-order valence-electron chi connectivity index (χ3n) is 12.4. The molecule has 6 heteroatoms. The standard InChI is InChI=1S/C32H49N3O3/c1-31-18-16-26-24(20-33-28-19-23(36)15-17-32(26,28)2)25(31)13-14-27(31)29(37)34-30(38)35(21-9-5-3-6-10-21)22-11-7-4-8-12-22/h21-22,24-27H,3-20H2,1-2H3,(H,34,37,38)/t24-,25-,26+,27?,31-,32+/m0/s1. The normalized spacial score (nSPS) is 39.9. The van der Waals surface area contributed by atoms with E-state index in [-0.39, 0.29) is 28.7 Å². The number of ketones is 1. The summed E-state index contributed by atoms with van der Waals surface area (Å²) in [6.07, 6.45) is 17.9. The van der Waals surface area contributed by atoms with E-state index in [2.05, 4.69) is 24.1 Å². The van der Waals surface area contributed by atoms with Crippen LogP contribution in [0.3, 0.4) is 0 Å². The summed E-state index contributed by atoms with van der Waals surface area (Å²) in [6.45, 7) is 5.51. The minimum Gasteiger partial charge on any atom is -0.319 e. The van der Waals surface area contributed by atoms with E-state index in [0.29, 0.717) is 48.5 Å². The predicted molar refractivity (Wildman–Crippen MR) is 149 cm³/mol. The molecule has 0 aromatic carbocycles. The Labute approximate surface area is 229 Å². The monoisotopic (exact) mass is 523 g/mol. The van der Waals surface area contributed by atoms with E-state index < -0.39 is 0 Å². The van der Waals surface area contributed by atoms with E-state index in [1.165, 1.54) is 38.5 Å². The highest BCUT2D eigenvalue weighted by Crippen LogP contribution is 2.63. The van der Waals surface area contributed by atoms with Gasteiger partial charge >= 0.3 is 6.03 Å². The van der Waals surface area contributed by atoms with Crippen LogP contribution in [-0.4, -0.2) is 47.0 Å². The topological polar surface area (TPSA) is 78.8 Å². The second-order valence-corrected chi connectivity index (χ2v) is 14.3. The molecule has 38 heavy (non-hydrogen) atoms. The molecule has 0 aromatic heterocycles. The lowest BCUT2D eigenvalue weighted by Gasteiger charge is -2.56. The van der Waals surface area contributed by atoms with E-state index in [1.807, 2.05) is 0 Å². The van der Waals surface area contributed by atoms with Crippen LogP contribution in [0.5, 0.6) is 0 Å². The van der Waals surface area contributed by atoms with Crippen molar-refractivity contribution in [2.75, 3.05) is 6.54 Å². The largest absolute Gasteiger partial charge is 0.324 e. The molecule has 1 unspecified atom stereocenters. The van der Waals surface area contributed by atoms with Crippen molar-refractivity contribution in [2.45, 2.75) is 135 Å². The van der Waals surface area contributed by atoms with Crippen molar-refractivity contribution in [3.63, 3.8) is 0 Å². The van der Waals surface area contributed by atoms with Gasteiger partial charge in [-0.25, -0.2) is 4.79 Å². The molecule has 1 N–H and O–H groups in total. The van der Waals surface area contributed by atoms with Crippen molar-refractivity contribution in [2.24, 2.45) is 39.5 Å². The maximum atomic E-state index is 13.8. The molecule has 5 aliphatic carbocycles. The lowest BCUT2D eigenvalue weighted by atomic mass is 9.49. The van der Waals surface area contributed by atoms with Crippen LogP contribution in [0.2, 0.25) is 0 Å². The maximum Gasteiger partial charge on any atom is 0.324 e. The molecule has 5 saturated carbocycles. The molecule has 6 nitrogen and oxygen atoms in total. The van der Waals surface area contributed by atoms with Gasteiger partial charge in [-0.05, 0) is 81.0 Å². The van der Waals surface area contributed by atoms with Gasteiger partial charge in [-0.2, -0.15) is 0 Å². The Balaban J connectivity index is 1.17. The van der Waals surface area contributed by atoms with Crippen molar-refractivity contribution >= 4 is 23.4 Å². The van der Waals surface area contributed by atoms with Gasteiger partial charge in [0.1, 0.15) is 5.78 Å². The first-order valence-corrected chi connectivity index (χ1v) is 16.0. The molecular weight excluding hydrogens is 474 g/mol. The fraction of sp³-hybridized carbons (Fsp3) is 0.875. The SMILES string of the molecule is C[C@]12CCC(=O)CC1=NC[C@@H]1[C@H]2CC[C@]2(C)C(C(=O)NC(=O)N(C3CCCCC3)C3CCCCC3)CC[C@@H]12. The van der Waals surface area contributed by atoms with Crippen LogP contribution < -0.4 is 5.32 Å². The molecule has 5 fully saturated rings. The lowest BCUT2D eigenvalue weighted by molar-refractivity contribution is -0.131. The van der Waals surface area contributed by atoms with Crippen LogP contribution in [0.25, 0.3) is 0 Å². The van der Waals surface area contributed by atoms with Gasteiger partial charge in [-0.15, -0.1) is 0 Å². The van der Waals surface area contributed by atoms with Gasteiger partial charge in [-0.3, -0.25) is 19.9 Å². The summed E-state index contributed by atoms with van der Waals surface area (Å²) in [6, 6.07) is 0.472. The smallest absolute Gasteiger partial charge is 0.319 e. The summed E-state index contributed by atoms with van der Waals surface area (Å²) < 4.78 is 0. The van der Waals surface area contributed by atoms with Gasteiger partial charge in [-0.1, -0.05) is 52.4 Å². The molecule has 0 bridgehead atoms. The number of imide groups is 1. The van der Waals surface area contributed by atoms with Gasteiger partial charge in [0.2, 0.25) is 5.91 Å². The highest BCUT2D eigenvalue weighted by Gasteiger charge is 2.60. The molecule has 3 amide bonds. The third kappa shape index (κ3) is 4.46.